The van der Waals surface area contributed by atoms with Gasteiger partial charge in [-0.05, 0) is 54.5 Å². The number of hydrogen-bond acceptors (Lipinski definition) is 3. The van der Waals surface area contributed by atoms with Crippen LogP contribution in [0, 0.1) is 0 Å². The van der Waals surface area contributed by atoms with Crippen molar-refractivity contribution in [2.24, 2.45) is 0 Å². The van der Waals surface area contributed by atoms with Gasteiger partial charge in [0.1, 0.15) is 5.75 Å². The highest BCUT2D eigenvalue weighted by Crippen LogP contribution is 2.55. The fourth-order valence-corrected chi connectivity index (χ4v) is 4.75. The quantitative estimate of drug-likeness (QED) is 0.720. The Bertz CT molecular complexity index is 1070. The number of hydrogen-bond donors (Lipinski definition) is 1. The predicted octanol–water partition coefficient (Wildman–Crippen LogP) is 4.73. The van der Waals surface area contributed by atoms with Crippen LogP contribution in [0.2, 0.25) is 0 Å². The molecule has 1 N–H and O–H groups in total. The average Bonchev–Trinajstić information content (AvgIpc) is 2.87. The van der Waals surface area contributed by atoms with E-state index in [2.05, 4.69) is 85.5 Å². The van der Waals surface area contributed by atoms with Crippen molar-refractivity contribution in [2.75, 3.05) is 18.1 Å². The maximum atomic E-state index is 9.75. The molecular formula is C24H23NO2. The molecule has 0 aliphatic carbocycles. The molecule has 2 heterocycles. The van der Waals surface area contributed by atoms with E-state index >= 15 is 0 Å². The van der Waals surface area contributed by atoms with E-state index in [1.807, 2.05) is 6.07 Å². The van der Waals surface area contributed by atoms with Crippen molar-refractivity contribution in [3.8, 4) is 5.75 Å². The molecule has 0 radical (unpaired) electrons. The minimum atomic E-state index is -0.658. The first-order chi connectivity index (χ1) is 13.1. The van der Waals surface area contributed by atoms with E-state index in [-0.39, 0.29) is 12.0 Å². The predicted molar refractivity (Wildman–Crippen MR) is 110 cm³/mol. The lowest BCUT2D eigenvalue weighted by atomic mass is 9.76. The molecule has 0 bridgehead atoms. The van der Waals surface area contributed by atoms with Crippen LogP contribution in [0.1, 0.15) is 25.0 Å². The van der Waals surface area contributed by atoms with E-state index in [9.17, 15) is 5.11 Å². The van der Waals surface area contributed by atoms with Crippen molar-refractivity contribution < 1.29 is 9.84 Å². The SMILES string of the molecule is CC1(C)c2ccccc2N(CCO)C12C=Cc1c(ccc3ccccc13)O2. The fourth-order valence-electron chi connectivity index (χ4n) is 4.75. The van der Waals surface area contributed by atoms with Crippen LogP contribution in [-0.2, 0) is 5.41 Å². The molecular weight excluding hydrogens is 334 g/mol. The summed E-state index contributed by atoms with van der Waals surface area (Å²) < 4.78 is 6.78. The molecule has 27 heavy (non-hydrogen) atoms. The molecule has 1 unspecified atom stereocenters. The first kappa shape index (κ1) is 16.4. The van der Waals surface area contributed by atoms with Gasteiger partial charge in [0.2, 0.25) is 5.72 Å². The summed E-state index contributed by atoms with van der Waals surface area (Å²) in [6.07, 6.45) is 4.37. The summed E-state index contributed by atoms with van der Waals surface area (Å²) in [4.78, 5) is 2.21. The number of fused-ring (bicyclic) bond motifs is 4. The number of anilines is 1. The van der Waals surface area contributed by atoms with Crippen LogP contribution >= 0.6 is 0 Å². The van der Waals surface area contributed by atoms with Gasteiger partial charge >= 0.3 is 0 Å². The molecule has 3 aromatic carbocycles. The Hall–Kier alpha value is -2.78. The summed E-state index contributed by atoms with van der Waals surface area (Å²) in [5.74, 6) is 0.889. The third kappa shape index (κ3) is 2.06. The van der Waals surface area contributed by atoms with Crippen LogP contribution in [0.15, 0.2) is 66.7 Å². The van der Waals surface area contributed by atoms with Crippen LogP contribution in [-0.4, -0.2) is 24.0 Å². The summed E-state index contributed by atoms with van der Waals surface area (Å²) in [5.41, 5.74) is 2.57. The molecule has 136 valence electrons. The van der Waals surface area contributed by atoms with Gasteiger partial charge in [0.25, 0.3) is 0 Å². The molecule has 3 nitrogen and oxygen atoms in total. The smallest absolute Gasteiger partial charge is 0.212 e. The molecule has 2 aliphatic heterocycles. The van der Waals surface area contributed by atoms with E-state index in [4.69, 9.17) is 4.74 Å². The molecule has 2 aliphatic rings. The number of aliphatic hydroxyl groups excluding tert-OH is 1. The number of para-hydroxylation sites is 1. The van der Waals surface area contributed by atoms with Gasteiger partial charge in [0, 0.05) is 17.8 Å². The Morgan fingerprint density at radius 1 is 0.963 bits per heavy atom. The molecule has 0 fully saturated rings. The number of benzene rings is 3. The van der Waals surface area contributed by atoms with E-state index in [0.717, 1.165) is 17.0 Å². The maximum Gasteiger partial charge on any atom is 0.212 e. The van der Waals surface area contributed by atoms with Gasteiger partial charge in [-0.15, -0.1) is 0 Å². The van der Waals surface area contributed by atoms with E-state index in [1.165, 1.54) is 16.3 Å². The summed E-state index contributed by atoms with van der Waals surface area (Å²) in [7, 11) is 0. The van der Waals surface area contributed by atoms with Crippen molar-refractivity contribution in [1.29, 1.82) is 0 Å². The van der Waals surface area contributed by atoms with Crippen molar-refractivity contribution >= 4 is 22.5 Å². The average molecular weight is 357 g/mol. The molecule has 0 saturated carbocycles. The van der Waals surface area contributed by atoms with Gasteiger partial charge in [0.05, 0.1) is 12.0 Å². The molecule has 3 heteroatoms. The highest BCUT2D eigenvalue weighted by molar-refractivity contribution is 5.94. The zero-order chi connectivity index (χ0) is 18.6. The van der Waals surface area contributed by atoms with Gasteiger partial charge in [-0.1, -0.05) is 48.5 Å². The number of aliphatic hydroxyl groups is 1. The molecule has 1 spiro atoms. The Kier molecular flexibility index (Phi) is 3.40. The number of rotatable bonds is 2. The second-order valence-electron chi connectivity index (χ2n) is 7.85. The Morgan fingerprint density at radius 2 is 1.74 bits per heavy atom. The molecule has 5 rings (SSSR count). The van der Waals surface area contributed by atoms with Crippen LogP contribution < -0.4 is 9.64 Å². The summed E-state index contributed by atoms with van der Waals surface area (Å²) >= 11 is 0. The fraction of sp³-hybridized carbons (Fsp3) is 0.250. The monoisotopic (exact) mass is 357 g/mol. The number of β-amino-alcohol motifs (C(OH)–C–C–N with tert-alkyl or cyclic N) is 1. The second-order valence-corrected chi connectivity index (χ2v) is 7.85. The zero-order valence-corrected chi connectivity index (χ0v) is 15.6. The summed E-state index contributed by atoms with van der Waals surface area (Å²) in [6, 6.07) is 21.0. The third-order valence-corrected chi connectivity index (χ3v) is 6.16. The first-order valence-electron chi connectivity index (χ1n) is 9.46. The lowest BCUT2D eigenvalue weighted by molar-refractivity contribution is 0.0506. The molecule has 1 atom stereocenters. The van der Waals surface area contributed by atoms with E-state index in [1.54, 1.807) is 0 Å². The number of nitrogens with zero attached hydrogens (tertiary/aromatic N) is 1. The van der Waals surface area contributed by atoms with Crippen molar-refractivity contribution in [3.05, 3.63) is 77.9 Å². The van der Waals surface area contributed by atoms with Crippen molar-refractivity contribution in [3.63, 3.8) is 0 Å². The van der Waals surface area contributed by atoms with Gasteiger partial charge < -0.3 is 14.7 Å². The van der Waals surface area contributed by atoms with Gasteiger partial charge in [-0.25, -0.2) is 0 Å². The van der Waals surface area contributed by atoms with E-state index < -0.39 is 5.72 Å². The van der Waals surface area contributed by atoms with Gasteiger partial charge in [0.15, 0.2) is 0 Å². The molecule has 0 aromatic heterocycles. The van der Waals surface area contributed by atoms with Crippen LogP contribution in [0.4, 0.5) is 5.69 Å². The third-order valence-electron chi connectivity index (χ3n) is 6.16. The molecule has 0 saturated heterocycles. The van der Waals surface area contributed by atoms with Crippen LogP contribution in [0.3, 0.4) is 0 Å². The zero-order valence-electron chi connectivity index (χ0n) is 15.6. The highest BCUT2D eigenvalue weighted by Gasteiger charge is 2.58. The minimum Gasteiger partial charge on any atom is -0.463 e. The lowest BCUT2D eigenvalue weighted by Gasteiger charge is -2.47. The summed E-state index contributed by atoms with van der Waals surface area (Å²) in [5, 5.41) is 12.2. The molecule has 3 aromatic rings. The van der Waals surface area contributed by atoms with E-state index in [0.29, 0.717) is 6.54 Å². The summed E-state index contributed by atoms with van der Waals surface area (Å²) in [6.45, 7) is 5.04. The lowest BCUT2D eigenvalue weighted by Crippen LogP contribution is -2.60. The minimum absolute atomic E-state index is 0.0773. The highest BCUT2D eigenvalue weighted by atomic mass is 16.5. The van der Waals surface area contributed by atoms with Gasteiger partial charge in [-0.2, -0.15) is 0 Å². The molecule has 0 amide bonds. The van der Waals surface area contributed by atoms with Crippen molar-refractivity contribution in [2.45, 2.75) is 25.0 Å². The maximum absolute atomic E-state index is 9.75. The largest absolute Gasteiger partial charge is 0.463 e. The Morgan fingerprint density at radius 3 is 2.59 bits per heavy atom. The van der Waals surface area contributed by atoms with Crippen molar-refractivity contribution in [1.82, 2.24) is 0 Å². The van der Waals surface area contributed by atoms with Crippen LogP contribution in [0.5, 0.6) is 5.75 Å². The van der Waals surface area contributed by atoms with Gasteiger partial charge in [-0.3, -0.25) is 0 Å². The first-order valence-corrected chi connectivity index (χ1v) is 9.46. The normalized spacial score (nSPS) is 22.0. The Balaban J connectivity index is 1.72. The topological polar surface area (TPSA) is 32.7 Å². The Labute approximate surface area is 159 Å². The number of ether oxygens (including phenoxy) is 1. The standard InChI is InChI=1S/C24H23NO2/c1-23(2)20-9-5-6-10-21(20)25(15-16-26)24(23)14-13-19-18-8-4-3-7-17(18)11-12-22(19)27-24/h3-14,26H,15-16H2,1-2H3. The second kappa shape index (κ2) is 5.61. The van der Waals surface area contributed by atoms with Crippen LogP contribution in [0.25, 0.3) is 16.8 Å².